The molecule has 0 heterocycles. The largest absolute Gasteiger partial charge is 0.465 e. The molecule has 0 aliphatic carbocycles. The highest BCUT2D eigenvalue weighted by molar-refractivity contribution is 6.31. The van der Waals surface area contributed by atoms with Crippen LogP contribution in [-0.4, -0.2) is 22.6 Å². The molecule has 1 unspecified atom stereocenters. The summed E-state index contributed by atoms with van der Waals surface area (Å²) >= 11 is 17.2. The number of carbonyl (C=O) groups is 1. The number of amides is 1. The van der Waals surface area contributed by atoms with Crippen LogP contribution in [0.3, 0.4) is 0 Å². The zero-order valence-electron chi connectivity index (χ0n) is 9.24. The molecule has 1 amide bonds. The van der Waals surface area contributed by atoms with Gasteiger partial charge in [0.25, 0.3) is 0 Å². The average Bonchev–Trinajstić information content (AvgIpc) is 2.29. The fourth-order valence-corrected chi connectivity index (χ4v) is 1.87. The Balaban J connectivity index is 2.92. The Hall–Kier alpha value is -1.08. The molecule has 1 aromatic rings. The van der Waals surface area contributed by atoms with Gasteiger partial charge in [0.1, 0.15) is 5.50 Å². The van der Waals surface area contributed by atoms with Crippen molar-refractivity contribution in [2.75, 3.05) is 10.8 Å². The van der Waals surface area contributed by atoms with Crippen molar-refractivity contribution in [1.82, 2.24) is 0 Å². The minimum atomic E-state index is -1.16. The number of rotatable bonds is 3. The van der Waals surface area contributed by atoms with E-state index in [-0.39, 0.29) is 12.3 Å². The number of carboxylic acid groups (broad SMARTS) is 1. The monoisotopic (exact) mass is 305 g/mol. The highest BCUT2D eigenvalue weighted by Crippen LogP contribution is 2.24. The van der Waals surface area contributed by atoms with E-state index in [9.17, 15) is 4.79 Å². The van der Waals surface area contributed by atoms with Crippen LogP contribution in [0.15, 0.2) is 24.3 Å². The Morgan fingerprint density at radius 2 is 2.17 bits per heavy atom. The third-order valence-electron chi connectivity index (χ3n) is 2.03. The smallest absolute Gasteiger partial charge is 0.413 e. The van der Waals surface area contributed by atoms with Crippen molar-refractivity contribution < 1.29 is 9.90 Å². The summed E-state index contributed by atoms with van der Waals surface area (Å²) in [4.78, 5) is 12.2. The van der Waals surface area contributed by atoms with Gasteiger partial charge in [0.15, 0.2) is 0 Å². The molecular formula is C12H10Cl3NO2. The van der Waals surface area contributed by atoms with Gasteiger partial charge in [-0.2, -0.15) is 0 Å². The maximum atomic E-state index is 11.2. The zero-order valence-corrected chi connectivity index (χ0v) is 11.5. The summed E-state index contributed by atoms with van der Waals surface area (Å²) in [6.45, 7) is 0. The quantitative estimate of drug-likeness (QED) is 0.520. The third kappa shape index (κ3) is 4.30. The molecule has 0 fully saturated rings. The number of hydrogen-bond acceptors (Lipinski definition) is 1. The lowest BCUT2D eigenvalue weighted by Crippen LogP contribution is -2.35. The predicted octanol–water partition coefficient (Wildman–Crippen LogP) is 4.02. The molecule has 96 valence electrons. The van der Waals surface area contributed by atoms with Gasteiger partial charge in [0.05, 0.1) is 11.6 Å². The lowest BCUT2D eigenvalue weighted by molar-refractivity contribution is 0.201. The average molecular weight is 307 g/mol. The summed E-state index contributed by atoms with van der Waals surface area (Å²) in [5.74, 6) is 5.51. The van der Waals surface area contributed by atoms with Crippen molar-refractivity contribution in [3.8, 4) is 11.8 Å². The summed E-state index contributed by atoms with van der Waals surface area (Å²) < 4.78 is 0. The topological polar surface area (TPSA) is 40.5 Å². The van der Waals surface area contributed by atoms with Crippen LogP contribution < -0.4 is 4.90 Å². The molecule has 0 saturated carbocycles. The van der Waals surface area contributed by atoms with E-state index in [4.69, 9.17) is 39.9 Å². The molecule has 0 bridgehead atoms. The molecule has 18 heavy (non-hydrogen) atoms. The molecule has 0 aromatic heterocycles. The van der Waals surface area contributed by atoms with Crippen LogP contribution >= 0.6 is 34.8 Å². The highest BCUT2D eigenvalue weighted by atomic mass is 35.5. The Morgan fingerprint density at radius 1 is 1.44 bits per heavy atom. The van der Waals surface area contributed by atoms with Crippen molar-refractivity contribution in [2.24, 2.45) is 0 Å². The first-order valence-corrected chi connectivity index (χ1v) is 6.34. The SMILES string of the molecule is O=C(O)N(c1cccc(Cl)c1)C(Cl)CC#CCCl. The van der Waals surface area contributed by atoms with E-state index in [1.54, 1.807) is 18.2 Å². The van der Waals surface area contributed by atoms with Crippen LogP contribution in [0.2, 0.25) is 5.02 Å². The molecule has 3 nitrogen and oxygen atoms in total. The molecular weight excluding hydrogens is 296 g/mol. The van der Waals surface area contributed by atoms with E-state index in [0.717, 1.165) is 4.90 Å². The zero-order chi connectivity index (χ0) is 13.5. The summed E-state index contributed by atoms with van der Waals surface area (Å²) in [6.07, 6.45) is -0.975. The van der Waals surface area contributed by atoms with E-state index < -0.39 is 11.6 Å². The number of anilines is 1. The fraction of sp³-hybridized carbons (Fsp3) is 0.250. The minimum absolute atomic E-state index is 0.188. The summed E-state index contributed by atoms with van der Waals surface area (Å²) in [5, 5.41) is 9.61. The summed E-state index contributed by atoms with van der Waals surface area (Å²) in [5.41, 5.74) is -0.389. The Labute approximate surface area is 120 Å². The minimum Gasteiger partial charge on any atom is -0.465 e. The van der Waals surface area contributed by atoms with Crippen LogP contribution in [0.25, 0.3) is 0 Å². The molecule has 6 heteroatoms. The Kier molecular flexibility index (Phi) is 6.14. The molecule has 1 rings (SSSR count). The van der Waals surface area contributed by atoms with Crippen LogP contribution in [0.5, 0.6) is 0 Å². The Bertz CT molecular complexity index is 482. The molecule has 0 radical (unpaired) electrons. The normalized spacial score (nSPS) is 11.3. The van der Waals surface area contributed by atoms with E-state index in [0.29, 0.717) is 10.7 Å². The summed E-state index contributed by atoms with van der Waals surface area (Å²) in [7, 11) is 0. The number of halogens is 3. The van der Waals surface area contributed by atoms with Crippen LogP contribution in [0.4, 0.5) is 10.5 Å². The molecule has 0 aliphatic heterocycles. The Morgan fingerprint density at radius 3 is 2.72 bits per heavy atom. The van der Waals surface area contributed by atoms with Gasteiger partial charge in [-0.3, -0.25) is 4.90 Å². The van der Waals surface area contributed by atoms with E-state index in [1.807, 2.05) is 0 Å². The standard InChI is InChI=1S/C12H10Cl3NO2/c13-7-2-1-6-11(15)16(12(17)18)10-5-3-4-9(14)8-10/h3-5,8,11H,6-7H2,(H,17,18). The van der Waals surface area contributed by atoms with Crippen LogP contribution in [0, 0.1) is 11.8 Å². The van der Waals surface area contributed by atoms with Gasteiger partial charge in [0.2, 0.25) is 0 Å². The van der Waals surface area contributed by atoms with Crippen molar-refractivity contribution in [2.45, 2.75) is 11.9 Å². The van der Waals surface area contributed by atoms with Crippen LogP contribution in [-0.2, 0) is 0 Å². The maximum Gasteiger partial charge on any atom is 0.413 e. The van der Waals surface area contributed by atoms with Gasteiger partial charge < -0.3 is 5.11 Å². The van der Waals surface area contributed by atoms with E-state index in [2.05, 4.69) is 11.8 Å². The van der Waals surface area contributed by atoms with Gasteiger partial charge in [-0.05, 0) is 18.2 Å². The second-order valence-electron chi connectivity index (χ2n) is 3.26. The number of alkyl halides is 2. The second-order valence-corrected chi connectivity index (χ2v) is 4.47. The number of benzene rings is 1. The molecule has 1 atom stereocenters. The first-order valence-electron chi connectivity index (χ1n) is 4.99. The molecule has 0 spiro atoms. The van der Waals surface area contributed by atoms with Crippen molar-refractivity contribution in [1.29, 1.82) is 0 Å². The summed E-state index contributed by atoms with van der Waals surface area (Å²) in [6, 6.07) is 6.45. The van der Waals surface area contributed by atoms with Crippen LogP contribution in [0.1, 0.15) is 6.42 Å². The van der Waals surface area contributed by atoms with E-state index in [1.165, 1.54) is 6.07 Å². The van der Waals surface area contributed by atoms with Crippen molar-refractivity contribution >= 4 is 46.6 Å². The maximum absolute atomic E-state index is 11.2. The number of hydrogen-bond donors (Lipinski definition) is 1. The van der Waals surface area contributed by atoms with Gasteiger partial charge in [-0.15, -0.1) is 11.6 Å². The van der Waals surface area contributed by atoms with Gasteiger partial charge in [0, 0.05) is 11.4 Å². The number of nitrogens with zero attached hydrogens (tertiary/aromatic N) is 1. The fourth-order valence-electron chi connectivity index (χ4n) is 1.31. The lowest BCUT2D eigenvalue weighted by atomic mass is 10.2. The first kappa shape index (κ1) is 15.0. The third-order valence-corrected chi connectivity index (χ3v) is 2.75. The molecule has 0 aliphatic rings. The van der Waals surface area contributed by atoms with Gasteiger partial charge in [-0.1, -0.05) is 41.1 Å². The van der Waals surface area contributed by atoms with Crippen molar-refractivity contribution in [3.63, 3.8) is 0 Å². The molecule has 1 aromatic carbocycles. The van der Waals surface area contributed by atoms with E-state index >= 15 is 0 Å². The van der Waals surface area contributed by atoms with Gasteiger partial charge in [-0.25, -0.2) is 4.79 Å². The first-order chi connectivity index (χ1) is 8.56. The molecule has 0 saturated heterocycles. The second kappa shape index (κ2) is 7.38. The highest BCUT2D eigenvalue weighted by Gasteiger charge is 2.22. The van der Waals surface area contributed by atoms with Crippen molar-refractivity contribution in [3.05, 3.63) is 29.3 Å². The molecule has 1 N–H and O–H groups in total. The lowest BCUT2D eigenvalue weighted by Gasteiger charge is -2.23. The van der Waals surface area contributed by atoms with Gasteiger partial charge >= 0.3 is 6.09 Å². The predicted molar refractivity (Wildman–Crippen MR) is 74.7 cm³/mol.